The number of aryl methyl sites for hydroxylation is 1. The van der Waals surface area contributed by atoms with Crippen LogP contribution in [0.3, 0.4) is 0 Å². The van der Waals surface area contributed by atoms with Gasteiger partial charge in [-0.05, 0) is 55.2 Å². The van der Waals surface area contributed by atoms with E-state index in [1.165, 1.54) is 18.5 Å². The van der Waals surface area contributed by atoms with E-state index < -0.39 is 0 Å². The van der Waals surface area contributed by atoms with Crippen molar-refractivity contribution in [2.45, 2.75) is 26.3 Å². The van der Waals surface area contributed by atoms with E-state index in [9.17, 15) is 4.79 Å². The minimum atomic E-state index is -0.0862. The number of methoxy groups -OCH3 is 1. The van der Waals surface area contributed by atoms with E-state index in [1.54, 1.807) is 13.2 Å². The summed E-state index contributed by atoms with van der Waals surface area (Å²) in [6.45, 7) is 4.77. The predicted octanol–water partition coefficient (Wildman–Crippen LogP) is 3.53. The van der Waals surface area contributed by atoms with E-state index in [0.717, 1.165) is 30.0 Å². The normalized spacial score (nSPS) is 13.8. The van der Waals surface area contributed by atoms with Crippen molar-refractivity contribution in [2.75, 3.05) is 25.1 Å². The monoisotopic (exact) mass is 324 g/mol. The molecule has 0 aromatic heterocycles. The van der Waals surface area contributed by atoms with E-state index >= 15 is 0 Å². The number of anilines is 1. The third-order valence-corrected chi connectivity index (χ3v) is 4.53. The van der Waals surface area contributed by atoms with Crippen LogP contribution in [0.4, 0.5) is 5.69 Å². The number of carbonyl (C=O) groups is 1. The summed E-state index contributed by atoms with van der Waals surface area (Å²) < 4.78 is 5.28. The molecule has 4 heteroatoms. The van der Waals surface area contributed by atoms with Crippen LogP contribution in [0.1, 0.15) is 34.3 Å². The highest BCUT2D eigenvalue weighted by Gasteiger charge is 2.12. The molecule has 1 N–H and O–H groups in total. The Balaban J connectivity index is 1.59. The molecule has 126 valence electrons. The van der Waals surface area contributed by atoms with Gasteiger partial charge in [0.05, 0.1) is 7.11 Å². The van der Waals surface area contributed by atoms with Crippen LogP contribution in [-0.4, -0.2) is 26.1 Å². The van der Waals surface area contributed by atoms with Gasteiger partial charge < -0.3 is 15.0 Å². The maximum atomic E-state index is 12.3. The highest BCUT2D eigenvalue weighted by atomic mass is 16.5. The molecule has 2 aromatic carbocycles. The second-order valence-electron chi connectivity index (χ2n) is 6.23. The zero-order valence-corrected chi connectivity index (χ0v) is 14.3. The molecule has 1 fully saturated rings. The maximum absolute atomic E-state index is 12.3. The van der Waals surface area contributed by atoms with Gasteiger partial charge >= 0.3 is 0 Å². The summed E-state index contributed by atoms with van der Waals surface area (Å²) in [4.78, 5) is 14.7. The molecule has 0 atom stereocenters. The summed E-state index contributed by atoms with van der Waals surface area (Å²) in [5.74, 6) is 0.648. The fourth-order valence-electron chi connectivity index (χ4n) is 3.05. The summed E-state index contributed by atoms with van der Waals surface area (Å²) >= 11 is 0. The molecule has 2 aromatic rings. The highest BCUT2D eigenvalue weighted by Crippen LogP contribution is 2.21. The second kappa shape index (κ2) is 7.39. The number of benzene rings is 2. The van der Waals surface area contributed by atoms with Gasteiger partial charge in [-0.15, -0.1) is 0 Å². The van der Waals surface area contributed by atoms with Crippen molar-refractivity contribution >= 4 is 11.6 Å². The van der Waals surface area contributed by atoms with Crippen LogP contribution < -0.4 is 15.0 Å². The molecule has 3 rings (SSSR count). The third-order valence-electron chi connectivity index (χ3n) is 4.53. The van der Waals surface area contributed by atoms with E-state index in [0.29, 0.717) is 12.1 Å². The highest BCUT2D eigenvalue weighted by molar-refractivity contribution is 5.94. The largest absolute Gasteiger partial charge is 0.496 e. The van der Waals surface area contributed by atoms with Gasteiger partial charge in [-0.1, -0.05) is 18.2 Å². The first kappa shape index (κ1) is 16.4. The number of nitrogens with zero attached hydrogens (tertiary/aromatic N) is 1. The number of rotatable bonds is 5. The van der Waals surface area contributed by atoms with Crippen molar-refractivity contribution in [3.8, 4) is 5.75 Å². The van der Waals surface area contributed by atoms with Gasteiger partial charge in [-0.3, -0.25) is 4.79 Å². The van der Waals surface area contributed by atoms with Gasteiger partial charge in [0.1, 0.15) is 5.75 Å². The molecule has 24 heavy (non-hydrogen) atoms. The predicted molar refractivity (Wildman–Crippen MR) is 96.8 cm³/mol. The molecule has 1 aliphatic rings. The fraction of sp³-hybridized carbons (Fsp3) is 0.350. The first-order valence-corrected chi connectivity index (χ1v) is 8.44. The Hall–Kier alpha value is -2.49. The zero-order chi connectivity index (χ0) is 16.9. The summed E-state index contributed by atoms with van der Waals surface area (Å²) in [7, 11) is 1.62. The molecular formula is C20H24N2O2. The van der Waals surface area contributed by atoms with Crippen LogP contribution in [-0.2, 0) is 6.54 Å². The van der Waals surface area contributed by atoms with Crippen LogP contribution in [0.5, 0.6) is 5.75 Å². The number of hydrogen-bond donors (Lipinski definition) is 1. The van der Waals surface area contributed by atoms with Crippen molar-refractivity contribution in [3.63, 3.8) is 0 Å². The van der Waals surface area contributed by atoms with Gasteiger partial charge in [0.15, 0.2) is 0 Å². The Morgan fingerprint density at radius 2 is 1.83 bits per heavy atom. The lowest BCUT2D eigenvalue weighted by Crippen LogP contribution is -2.23. The Kier molecular flexibility index (Phi) is 5.04. The Morgan fingerprint density at radius 3 is 2.50 bits per heavy atom. The lowest BCUT2D eigenvalue weighted by atomic mass is 10.1. The molecule has 4 nitrogen and oxygen atoms in total. The quantitative estimate of drug-likeness (QED) is 0.915. The summed E-state index contributed by atoms with van der Waals surface area (Å²) in [6.07, 6.45) is 2.55. The van der Waals surface area contributed by atoms with E-state index in [-0.39, 0.29) is 5.91 Å². The second-order valence-corrected chi connectivity index (χ2v) is 6.23. The topological polar surface area (TPSA) is 41.6 Å². The lowest BCUT2D eigenvalue weighted by molar-refractivity contribution is 0.0950. The SMILES string of the molecule is COc1cc(C(=O)NCc2ccc(N3CCCC3)cc2)ccc1C. The Labute approximate surface area is 143 Å². The average molecular weight is 324 g/mol. The molecule has 0 saturated carbocycles. The van der Waals surface area contributed by atoms with E-state index in [4.69, 9.17) is 4.74 Å². The Bertz CT molecular complexity index is 704. The number of carbonyl (C=O) groups excluding carboxylic acids is 1. The summed E-state index contributed by atoms with van der Waals surface area (Å²) in [5.41, 5.74) is 4.01. The minimum absolute atomic E-state index is 0.0862. The zero-order valence-electron chi connectivity index (χ0n) is 14.3. The van der Waals surface area contributed by atoms with Crippen LogP contribution in [0.2, 0.25) is 0 Å². The van der Waals surface area contributed by atoms with Gasteiger partial charge in [0, 0.05) is 30.9 Å². The van der Waals surface area contributed by atoms with Crippen molar-refractivity contribution in [1.29, 1.82) is 0 Å². The van der Waals surface area contributed by atoms with Crippen LogP contribution in [0, 0.1) is 6.92 Å². The van der Waals surface area contributed by atoms with Gasteiger partial charge in [-0.25, -0.2) is 0 Å². The molecule has 1 saturated heterocycles. The third kappa shape index (κ3) is 3.70. The standard InChI is InChI=1S/C20H24N2O2/c1-15-5-8-17(13-19(15)24-2)20(23)21-14-16-6-9-18(10-7-16)22-11-3-4-12-22/h5-10,13H,3-4,11-12,14H2,1-2H3,(H,21,23). The molecule has 0 spiro atoms. The lowest BCUT2D eigenvalue weighted by Gasteiger charge is -2.17. The summed E-state index contributed by atoms with van der Waals surface area (Å²) in [6, 6.07) is 14.0. The van der Waals surface area contributed by atoms with Gasteiger partial charge in [-0.2, -0.15) is 0 Å². The molecule has 0 bridgehead atoms. The molecule has 0 unspecified atom stereocenters. The molecule has 1 amide bonds. The fourth-order valence-corrected chi connectivity index (χ4v) is 3.05. The molecule has 1 aliphatic heterocycles. The van der Waals surface area contributed by atoms with Crippen LogP contribution >= 0.6 is 0 Å². The molecule has 1 heterocycles. The number of ether oxygens (including phenoxy) is 1. The van der Waals surface area contributed by atoms with Crippen LogP contribution in [0.15, 0.2) is 42.5 Å². The molecular weight excluding hydrogens is 300 g/mol. The smallest absolute Gasteiger partial charge is 0.251 e. The van der Waals surface area contributed by atoms with E-state index in [2.05, 4.69) is 34.5 Å². The minimum Gasteiger partial charge on any atom is -0.496 e. The number of nitrogens with one attached hydrogen (secondary N) is 1. The molecule has 0 aliphatic carbocycles. The van der Waals surface area contributed by atoms with Crippen molar-refractivity contribution in [2.24, 2.45) is 0 Å². The number of amides is 1. The molecule has 0 radical (unpaired) electrons. The Morgan fingerprint density at radius 1 is 1.12 bits per heavy atom. The van der Waals surface area contributed by atoms with Crippen molar-refractivity contribution < 1.29 is 9.53 Å². The van der Waals surface area contributed by atoms with E-state index in [1.807, 2.05) is 19.1 Å². The average Bonchev–Trinajstić information content (AvgIpc) is 3.15. The van der Waals surface area contributed by atoms with Crippen molar-refractivity contribution in [3.05, 3.63) is 59.2 Å². The van der Waals surface area contributed by atoms with Gasteiger partial charge in [0.25, 0.3) is 5.91 Å². The first-order chi connectivity index (χ1) is 11.7. The van der Waals surface area contributed by atoms with Crippen molar-refractivity contribution in [1.82, 2.24) is 5.32 Å². The first-order valence-electron chi connectivity index (χ1n) is 8.44. The maximum Gasteiger partial charge on any atom is 0.251 e. The van der Waals surface area contributed by atoms with Gasteiger partial charge in [0.2, 0.25) is 0 Å². The number of hydrogen-bond acceptors (Lipinski definition) is 3. The summed E-state index contributed by atoms with van der Waals surface area (Å²) in [5, 5.41) is 2.97. The van der Waals surface area contributed by atoms with Crippen LogP contribution in [0.25, 0.3) is 0 Å².